The van der Waals surface area contributed by atoms with E-state index in [1.54, 1.807) is 6.21 Å². The largest absolute Gasteiger partial charge is 0.378 e. The normalized spacial score (nSPS) is 15.9. The van der Waals surface area contributed by atoms with Crippen molar-refractivity contribution >= 4 is 29.3 Å². The second kappa shape index (κ2) is 8.49. The standard InChI is InChI=1S/C17H21N9O2S/c1-11-4-6-25(7-5-11)10-13-14(17(27)21-19-9-12-3-2-8-29-12)20-24-26(13)16-15(18)22-28-23-16/h2-3,8-9,11H,4-7,10H2,1H3,(H2,18,22)(H,21,27)/b19-9+. The minimum atomic E-state index is -0.459. The Balaban J connectivity index is 1.58. The Bertz CT molecular complexity index is 987. The summed E-state index contributed by atoms with van der Waals surface area (Å²) in [6, 6.07) is 3.81. The van der Waals surface area contributed by atoms with Crippen LogP contribution in [0.15, 0.2) is 27.2 Å². The summed E-state index contributed by atoms with van der Waals surface area (Å²) >= 11 is 1.52. The van der Waals surface area contributed by atoms with Gasteiger partial charge in [0.05, 0.1) is 11.9 Å². The van der Waals surface area contributed by atoms with Gasteiger partial charge in [-0.05, 0) is 53.6 Å². The molecule has 29 heavy (non-hydrogen) atoms. The van der Waals surface area contributed by atoms with Gasteiger partial charge in [-0.2, -0.15) is 9.78 Å². The van der Waals surface area contributed by atoms with E-state index in [1.807, 2.05) is 17.5 Å². The number of anilines is 1. The predicted octanol–water partition coefficient (Wildman–Crippen LogP) is 1.29. The number of carbonyl (C=O) groups excluding carboxylic acids is 1. The van der Waals surface area contributed by atoms with E-state index in [0.717, 1.165) is 30.8 Å². The van der Waals surface area contributed by atoms with Crippen LogP contribution in [0.3, 0.4) is 0 Å². The lowest BCUT2D eigenvalue weighted by Crippen LogP contribution is -2.34. The van der Waals surface area contributed by atoms with E-state index in [4.69, 9.17) is 5.73 Å². The maximum Gasteiger partial charge on any atom is 0.293 e. The van der Waals surface area contributed by atoms with Crippen molar-refractivity contribution in [2.24, 2.45) is 11.0 Å². The zero-order valence-corrected chi connectivity index (χ0v) is 16.7. The van der Waals surface area contributed by atoms with Gasteiger partial charge >= 0.3 is 0 Å². The third kappa shape index (κ3) is 4.32. The number of hydrazone groups is 1. The molecule has 0 saturated carbocycles. The second-order valence-electron chi connectivity index (χ2n) is 6.94. The summed E-state index contributed by atoms with van der Waals surface area (Å²) in [5.41, 5.74) is 9.05. The number of nitrogens with one attached hydrogen (secondary N) is 1. The van der Waals surface area contributed by atoms with E-state index in [1.165, 1.54) is 16.0 Å². The number of thiophene rings is 1. The molecular formula is C17H21N9O2S. The van der Waals surface area contributed by atoms with Crippen LogP contribution in [0, 0.1) is 5.92 Å². The topological polar surface area (TPSA) is 140 Å². The summed E-state index contributed by atoms with van der Waals surface area (Å²) in [7, 11) is 0. The van der Waals surface area contributed by atoms with Gasteiger partial charge in [0.25, 0.3) is 5.91 Å². The van der Waals surface area contributed by atoms with Gasteiger partial charge in [0.1, 0.15) is 0 Å². The SMILES string of the molecule is CC1CCN(Cc2c(C(=O)N/N=C/c3cccs3)nnn2-c2nonc2N)CC1. The summed E-state index contributed by atoms with van der Waals surface area (Å²) in [4.78, 5) is 15.9. The molecular weight excluding hydrogens is 394 g/mol. The number of piperidine rings is 1. The number of hydrogen-bond acceptors (Lipinski definition) is 10. The molecule has 152 valence electrons. The fourth-order valence-electron chi connectivity index (χ4n) is 3.13. The molecule has 0 bridgehead atoms. The molecule has 1 aliphatic rings. The molecule has 4 heterocycles. The van der Waals surface area contributed by atoms with Crippen molar-refractivity contribution in [1.29, 1.82) is 0 Å². The Morgan fingerprint density at radius 2 is 2.28 bits per heavy atom. The molecule has 12 heteroatoms. The fraction of sp³-hybridized carbons (Fsp3) is 0.412. The van der Waals surface area contributed by atoms with E-state index in [-0.39, 0.29) is 17.3 Å². The zero-order chi connectivity index (χ0) is 20.2. The van der Waals surface area contributed by atoms with Crippen molar-refractivity contribution < 1.29 is 9.42 Å². The summed E-state index contributed by atoms with van der Waals surface area (Å²) in [5, 5.41) is 21.4. The molecule has 0 aromatic carbocycles. The van der Waals surface area contributed by atoms with Crippen LogP contribution in [0.4, 0.5) is 5.82 Å². The number of amides is 1. The van der Waals surface area contributed by atoms with Crippen LogP contribution >= 0.6 is 11.3 Å². The number of carbonyl (C=O) groups is 1. The predicted molar refractivity (Wildman–Crippen MR) is 107 cm³/mol. The fourth-order valence-corrected chi connectivity index (χ4v) is 3.72. The van der Waals surface area contributed by atoms with Crippen molar-refractivity contribution in [3.8, 4) is 5.82 Å². The lowest BCUT2D eigenvalue weighted by Gasteiger charge is -2.30. The third-order valence-corrected chi connectivity index (χ3v) is 5.63. The van der Waals surface area contributed by atoms with Crippen LogP contribution in [0.2, 0.25) is 0 Å². The van der Waals surface area contributed by atoms with E-state index in [0.29, 0.717) is 18.2 Å². The summed E-state index contributed by atoms with van der Waals surface area (Å²) in [5.74, 6) is 0.517. The van der Waals surface area contributed by atoms with Gasteiger partial charge in [0.2, 0.25) is 11.6 Å². The summed E-state index contributed by atoms with van der Waals surface area (Å²) in [6.45, 7) is 4.58. The van der Waals surface area contributed by atoms with Crippen LogP contribution in [-0.2, 0) is 6.54 Å². The van der Waals surface area contributed by atoms with Crippen molar-refractivity contribution in [3.63, 3.8) is 0 Å². The van der Waals surface area contributed by atoms with Gasteiger partial charge in [-0.3, -0.25) is 9.69 Å². The maximum absolute atomic E-state index is 12.7. The Kier molecular flexibility index (Phi) is 5.62. The van der Waals surface area contributed by atoms with Gasteiger partial charge in [-0.25, -0.2) is 10.1 Å². The van der Waals surface area contributed by atoms with Crippen LogP contribution in [-0.4, -0.2) is 55.4 Å². The smallest absolute Gasteiger partial charge is 0.293 e. The molecule has 0 spiro atoms. The van der Waals surface area contributed by atoms with Crippen molar-refractivity contribution in [1.82, 2.24) is 35.6 Å². The molecule has 1 saturated heterocycles. The van der Waals surface area contributed by atoms with Gasteiger partial charge in [0.15, 0.2) is 5.69 Å². The van der Waals surface area contributed by atoms with Crippen LogP contribution in [0.1, 0.15) is 40.8 Å². The lowest BCUT2D eigenvalue weighted by molar-refractivity contribution is 0.0947. The summed E-state index contributed by atoms with van der Waals surface area (Å²) < 4.78 is 6.09. The molecule has 1 amide bonds. The number of nitrogens with zero attached hydrogens (tertiary/aromatic N) is 7. The molecule has 4 rings (SSSR count). The monoisotopic (exact) mass is 415 g/mol. The average molecular weight is 415 g/mol. The molecule has 11 nitrogen and oxygen atoms in total. The number of nitrogens with two attached hydrogens (primary N) is 1. The number of aromatic nitrogens is 5. The molecule has 0 aliphatic carbocycles. The third-order valence-electron chi connectivity index (χ3n) is 4.83. The van der Waals surface area contributed by atoms with Crippen molar-refractivity contribution in [2.45, 2.75) is 26.3 Å². The first-order valence-corrected chi connectivity index (χ1v) is 10.1. The van der Waals surface area contributed by atoms with Gasteiger partial charge in [-0.15, -0.1) is 16.4 Å². The number of rotatable bonds is 6. The van der Waals surface area contributed by atoms with E-state index >= 15 is 0 Å². The van der Waals surface area contributed by atoms with Crippen molar-refractivity contribution in [2.75, 3.05) is 18.8 Å². The van der Waals surface area contributed by atoms with Gasteiger partial charge < -0.3 is 5.73 Å². The molecule has 3 N–H and O–H groups in total. The molecule has 1 fully saturated rings. The molecule has 0 unspecified atom stereocenters. The second-order valence-corrected chi connectivity index (χ2v) is 7.92. The number of hydrogen-bond donors (Lipinski definition) is 2. The van der Waals surface area contributed by atoms with E-state index in [9.17, 15) is 4.79 Å². The molecule has 3 aromatic heterocycles. The van der Waals surface area contributed by atoms with Crippen LogP contribution in [0.5, 0.6) is 0 Å². The first-order valence-electron chi connectivity index (χ1n) is 9.24. The Morgan fingerprint density at radius 3 is 2.97 bits per heavy atom. The highest BCUT2D eigenvalue weighted by molar-refractivity contribution is 7.11. The molecule has 0 radical (unpaired) electrons. The van der Waals surface area contributed by atoms with E-state index in [2.05, 4.69) is 47.6 Å². The maximum atomic E-state index is 12.7. The Hall–Kier alpha value is -3.12. The Labute approximate surface area is 170 Å². The van der Waals surface area contributed by atoms with Crippen molar-refractivity contribution in [3.05, 3.63) is 33.8 Å². The van der Waals surface area contributed by atoms with Crippen LogP contribution in [0.25, 0.3) is 5.82 Å². The molecule has 3 aromatic rings. The first-order chi connectivity index (χ1) is 14.1. The van der Waals surface area contributed by atoms with Crippen LogP contribution < -0.4 is 11.2 Å². The average Bonchev–Trinajstić information content (AvgIpc) is 3.45. The minimum Gasteiger partial charge on any atom is -0.378 e. The molecule has 0 atom stereocenters. The highest BCUT2D eigenvalue weighted by atomic mass is 32.1. The van der Waals surface area contributed by atoms with Gasteiger partial charge in [-0.1, -0.05) is 18.2 Å². The quantitative estimate of drug-likeness (QED) is 0.453. The number of nitrogen functional groups attached to an aromatic ring is 1. The highest BCUT2D eigenvalue weighted by Crippen LogP contribution is 2.21. The minimum absolute atomic E-state index is 0.0751. The number of likely N-dealkylation sites (tertiary alicyclic amines) is 1. The zero-order valence-electron chi connectivity index (χ0n) is 15.9. The summed E-state index contributed by atoms with van der Waals surface area (Å²) in [6.07, 6.45) is 3.78. The highest BCUT2D eigenvalue weighted by Gasteiger charge is 2.26. The molecule has 1 aliphatic heterocycles. The Morgan fingerprint density at radius 1 is 1.45 bits per heavy atom. The van der Waals surface area contributed by atoms with Gasteiger partial charge in [0, 0.05) is 11.4 Å². The lowest BCUT2D eigenvalue weighted by atomic mass is 9.99. The first kappa shape index (κ1) is 19.2. The van der Waals surface area contributed by atoms with E-state index < -0.39 is 5.91 Å².